The SMILES string of the molecule is COc1cc(C(=O)O)ccc1NC(=O)[C@@H]1N[C@@H](CC2(C)CCC2)[C@@]2(CN(Cc3ccc(-c4nn[nH]n4)cc3)c3ccc(Cl)cc32)[C@H]1c1ccccc1Cl. The molecule has 1 aromatic heterocycles. The Labute approximate surface area is 317 Å². The Kier molecular flexibility index (Phi) is 9.12. The first-order valence-electron chi connectivity index (χ1n) is 17.7. The number of anilines is 2. The first-order valence-corrected chi connectivity index (χ1v) is 18.4. The third-order valence-corrected chi connectivity index (χ3v) is 12.1. The molecule has 8 rings (SSSR count). The molecule has 1 spiro atoms. The molecule has 272 valence electrons. The molecule has 1 amide bonds. The molecule has 5 aromatic rings. The summed E-state index contributed by atoms with van der Waals surface area (Å²) < 4.78 is 5.54. The minimum atomic E-state index is -1.09. The number of amides is 1. The summed E-state index contributed by atoms with van der Waals surface area (Å²) in [6.45, 7) is 3.57. The molecule has 4 aromatic carbocycles. The molecule has 3 aliphatic rings. The minimum Gasteiger partial charge on any atom is -0.495 e. The lowest BCUT2D eigenvalue weighted by atomic mass is 9.59. The summed E-state index contributed by atoms with van der Waals surface area (Å²) in [7, 11) is 1.45. The van der Waals surface area contributed by atoms with E-state index in [1.54, 1.807) is 6.07 Å². The number of H-pyrrole nitrogens is 1. The van der Waals surface area contributed by atoms with Crippen molar-refractivity contribution in [2.24, 2.45) is 5.41 Å². The van der Waals surface area contributed by atoms with Gasteiger partial charge in [-0.15, -0.1) is 10.2 Å². The molecular weight excluding hydrogens is 713 g/mol. The molecule has 2 fully saturated rings. The summed E-state index contributed by atoms with van der Waals surface area (Å²) in [6.07, 6.45) is 4.25. The predicted molar refractivity (Wildman–Crippen MR) is 204 cm³/mol. The third kappa shape index (κ3) is 6.30. The smallest absolute Gasteiger partial charge is 0.335 e. The second-order valence-corrected chi connectivity index (χ2v) is 15.6. The lowest BCUT2D eigenvalue weighted by Gasteiger charge is -2.45. The van der Waals surface area contributed by atoms with E-state index in [1.807, 2.05) is 42.5 Å². The van der Waals surface area contributed by atoms with Gasteiger partial charge in [0.15, 0.2) is 0 Å². The number of nitrogens with one attached hydrogen (secondary N) is 3. The van der Waals surface area contributed by atoms with Gasteiger partial charge >= 0.3 is 5.97 Å². The largest absolute Gasteiger partial charge is 0.495 e. The summed E-state index contributed by atoms with van der Waals surface area (Å²) in [5, 5.41) is 32.2. The van der Waals surface area contributed by atoms with Crippen molar-refractivity contribution < 1.29 is 19.4 Å². The van der Waals surface area contributed by atoms with Crippen molar-refractivity contribution in [2.45, 2.75) is 62.6 Å². The van der Waals surface area contributed by atoms with Gasteiger partial charge in [-0.2, -0.15) is 5.21 Å². The number of hydrogen-bond donors (Lipinski definition) is 4. The van der Waals surface area contributed by atoms with Crippen molar-refractivity contribution in [1.82, 2.24) is 25.9 Å². The van der Waals surface area contributed by atoms with E-state index >= 15 is 0 Å². The van der Waals surface area contributed by atoms with Gasteiger partial charge < -0.3 is 25.4 Å². The summed E-state index contributed by atoms with van der Waals surface area (Å²) in [6, 6.07) is 25.6. The second-order valence-electron chi connectivity index (χ2n) is 14.8. The number of carboxylic acids is 1. The van der Waals surface area contributed by atoms with E-state index in [2.05, 4.69) is 67.3 Å². The number of tetrazole rings is 1. The molecule has 11 nitrogen and oxygen atoms in total. The van der Waals surface area contributed by atoms with Crippen LogP contribution in [0.25, 0.3) is 11.4 Å². The molecular formula is C40H39Cl2N7O4. The zero-order chi connectivity index (χ0) is 36.9. The van der Waals surface area contributed by atoms with Gasteiger partial charge in [-0.05, 0) is 89.0 Å². The molecule has 53 heavy (non-hydrogen) atoms. The maximum absolute atomic E-state index is 14.8. The molecule has 0 radical (unpaired) electrons. The standard InChI is InChI=1S/C40H39Cl2N7O4/c1-39(16-5-17-39)20-33-40(22-49(31-15-13-26(41)19-28(31)40)21-23-8-10-24(11-9-23)36-45-47-48-46-36)34(27-6-3-4-7-29(27)42)35(44-33)37(50)43-30-14-12-25(38(51)52)18-32(30)53-2/h3-4,6-15,18-19,33-35,44H,5,16-17,20-22H2,1-2H3,(H,43,50)(H,51,52)(H,45,46,47,48)/t33-,34-,35+,40-/m0/s1. The van der Waals surface area contributed by atoms with Crippen LogP contribution in [0.3, 0.4) is 0 Å². The third-order valence-electron chi connectivity index (χ3n) is 11.6. The monoisotopic (exact) mass is 751 g/mol. The van der Waals surface area contributed by atoms with Gasteiger partial charge in [0, 0.05) is 51.8 Å². The Morgan fingerprint density at radius 1 is 1.04 bits per heavy atom. The first-order chi connectivity index (χ1) is 25.6. The summed E-state index contributed by atoms with van der Waals surface area (Å²) >= 11 is 14.0. The van der Waals surface area contributed by atoms with Gasteiger partial charge in [0.1, 0.15) is 5.75 Å². The Morgan fingerprint density at radius 3 is 2.51 bits per heavy atom. The molecule has 0 unspecified atom stereocenters. The van der Waals surface area contributed by atoms with Crippen LogP contribution in [-0.4, -0.2) is 63.3 Å². The number of benzene rings is 4. The van der Waals surface area contributed by atoms with Crippen LogP contribution in [0.15, 0.2) is 84.9 Å². The van der Waals surface area contributed by atoms with E-state index in [1.165, 1.54) is 25.7 Å². The quantitative estimate of drug-likeness (QED) is 0.114. The number of ether oxygens (including phenoxy) is 1. The normalized spacial score (nSPS) is 22.7. The zero-order valence-corrected chi connectivity index (χ0v) is 30.8. The Morgan fingerprint density at radius 2 is 1.83 bits per heavy atom. The average molecular weight is 753 g/mol. The number of carbonyl (C=O) groups excluding carboxylic acids is 1. The molecule has 1 saturated carbocycles. The van der Waals surface area contributed by atoms with Gasteiger partial charge in [-0.3, -0.25) is 4.79 Å². The van der Waals surface area contributed by atoms with Crippen molar-refractivity contribution in [2.75, 3.05) is 23.9 Å². The highest BCUT2D eigenvalue weighted by Gasteiger charge is 2.63. The van der Waals surface area contributed by atoms with E-state index in [0.717, 1.165) is 47.2 Å². The highest BCUT2D eigenvalue weighted by Crippen LogP contribution is 2.60. The number of carboxylic acid groups (broad SMARTS) is 1. The lowest BCUT2D eigenvalue weighted by Crippen LogP contribution is -2.49. The van der Waals surface area contributed by atoms with Crippen molar-refractivity contribution in [3.63, 3.8) is 0 Å². The molecule has 0 bridgehead atoms. The lowest BCUT2D eigenvalue weighted by molar-refractivity contribution is -0.118. The summed E-state index contributed by atoms with van der Waals surface area (Å²) in [4.78, 5) is 28.9. The van der Waals surface area contributed by atoms with Crippen LogP contribution in [0.2, 0.25) is 10.0 Å². The molecule has 2 aliphatic heterocycles. The van der Waals surface area contributed by atoms with Crippen molar-refractivity contribution in [3.8, 4) is 17.1 Å². The number of carbonyl (C=O) groups is 2. The zero-order valence-electron chi connectivity index (χ0n) is 29.3. The highest BCUT2D eigenvalue weighted by atomic mass is 35.5. The van der Waals surface area contributed by atoms with Gasteiger partial charge in [0.2, 0.25) is 11.7 Å². The molecule has 13 heteroatoms. The highest BCUT2D eigenvalue weighted by molar-refractivity contribution is 6.31. The number of hydrogen-bond acceptors (Lipinski definition) is 8. The Balaban J connectivity index is 1.24. The topological polar surface area (TPSA) is 145 Å². The number of fused-ring (bicyclic) bond motifs is 2. The fraction of sp³-hybridized carbons (Fsp3) is 0.325. The Hall–Kier alpha value is -4.97. The minimum absolute atomic E-state index is 0.0597. The van der Waals surface area contributed by atoms with E-state index in [-0.39, 0.29) is 28.7 Å². The molecule has 1 saturated heterocycles. The van der Waals surface area contributed by atoms with Crippen LogP contribution in [0, 0.1) is 5.41 Å². The fourth-order valence-electron chi connectivity index (χ4n) is 8.86. The van der Waals surface area contributed by atoms with Crippen molar-refractivity contribution >= 4 is 46.5 Å². The van der Waals surface area contributed by atoms with E-state index in [4.69, 9.17) is 27.9 Å². The van der Waals surface area contributed by atoms with Crippen LogP contribution >= 0.6 is 23.2 Å². The number of methoxy groups -OCH3 is 1. The predicted octanol–water partition coefficient (Wildman–Crippen LogP) is 7.48. The van der Waals surface area contributed by atoms with Crippen LogP contribution < -0.4 is 20.3 Å². The maximum atomic E-state index is 14.8. The van der Waals surface area contributed by atoms with Crippen molar-refractivity contribution in [3.05, 3.63) is 117 Å². The number of aromatic amines is 1. The maximum Gasteiger partial charge on any atom is 0.335 e. The molecule has 3 heterocycles. The molecule has 4 atom stereocenters. The Bertz CT molecular complexity index is 2180. The number of aromatic nitrogens is 4. The van der Waals surface area contributed by atoms with Gasteiger partial charge in [0.25, 0.3) is 0 Å². The number of aromatic carboxylic acids is 1. The first kappa shape index (κ1) is 35.1. The molecule has 1 aliphatic carbocycles. The number of rotatable bonds is 10. The van der Waals surface area contributed by atoms with E-state index in [9.17, 15) is 14.7 Å². The van der Waals surface area contributed by atoms with Crippen LogP contribution in [0.1, 0.15) is 65.6 Å². The van der Waals surface area contributed by atoms with Gasteiger partial charge in [-0.25, -0.2) is 4.79 Å². The average Bonchev–Trinajstić information content (AvgIpc) is 3.86. The fourth-order valence-corrected chi connectivity index (χ4v) is 9.28. The van der Waals surface area contributed by atoms with Crippen LogP contribution in [-0.2, 0) is 16.8 Å². The number of nitrogens with zero attached hydrogens (tertiary/aromatic N) is 4. The second kappa shape index (κ2) is 13.8. The van der Waals surface area contributed by atoms with Crippen LogP contribution in [0.4, 0.5) is 11.4 Å². The van der Waals surface area contributed by atoms with Crippen molar-refractivity contribution in [1.29, 1.82) is 0 Å². The van der Waals surface area contributed by atoms with E-state index in [0.29, 0.717) is 34.6 Å². The van der Waals surface area contributed by atoms with Gasteiger partial charge in [-0.1, -0.05) is 79.0 Å². The van der Waals surface area contributed by atoms with Gasteiger partial charge in [0.05, 0.1) is 24.4 Å². The van der Waals surface area contributed by atoms with Crippen LogP contribution in [0.5, 0.6) is 5.75 Å². The number of halogens is 2. The summed E-state index contributed by atoms with van der Waals surface area (Å²) in [5.41, 5.74) is 4.91. The summed E-state index contributed by atoms with van der Waals surface area (Å²) in [5.74, 6) is -0.970. The van der Waals surface area contributed by atoms with E-state index < -0.39 is 23.3 Å². The molecule has 4 N–H and O–H groups in total.